The lowest BCUT2D eigenvalue weighted by atomic mass is 10.1. The summed E-state index contributed by atoms with van der Waals surface area (Å²) in [4.78, 5) is 28.6. The molecular formula is C23H23FN2O3. The van der Waals surface area contributed by atoms with Crippen molar-refractivity contribution < 1.29 is 13.6 Å². The van der Waals surface area contributed by atoms with Crippen LogP contribution in [0.25, 0.3) is 11.0 Å². The zero-order valence-electron chi connectivity index (χ0n) is 16.6. The van der Waals surface area contributed by atoms with E-state index in [0.29, 0.717) is 49.4 Å². The fourth-order valence-electron chi connectivity index (χ4n) is 3.73. The van der Waals surface area contributed by atoms with Gasteiger partial charge in [-0.1, -0.05) is 18.2 Å². The van der Waals surface area contributed by atoms with Crippen molar-refractivity contribution in [2.45, 2.75) is 20.4 Å². The minimum Gasteiger partial charge on any atom is -0.423 e. The molecule has 6 heteroatoms. The number of benzene rings is 2. The predicted octanol–water partition coefficient (Wildman–Crippen LogP) is 3.51. The molecule has 1 amide bonds. The molecule has 150 valence electrons. The SMILES string of the molecule is Cc1ccc2c(CN3CCN(C(=O)c4ccc(C)c(F)c4)CC3)cc(=O)oc2c1. The second kappa shape index (κ2) is 7.79. The fraction of sp³-hybridized carbons (Fsp3) is 0.304. The minimum atomic E-state index is -0.362. The Morgan fingerprint density at radius 1 is 1.03 bits per heavy atom. The maximum atomic E-state index is 13.8. The van der Waals surface area contributed by atoms with Gasteiger partial charge in [0.15, 0.2) is 0 Å². The Morgan fingerprint density at radius 3 is 2.52 bits per heavy atom. The summed E-state index contributed by atoms with van der Waals surface area (Å²) in [5, 5.41) is 0.934. The Bertz CT molecular complexity index is 1130. The van der Waals surface area contributed by atoms with Gasteiger partial charge in [0.05, 0.1) is 0 Å². The van der Waals surface area contributed by atoms with E-state index in [1.165, 1.54) is 6.07 Å². The summed E-state index contributed by atoms with van der Waals surface area (Å²) in [6.07, 6.45) is 0. The van der Waals surface area contributed by atoms with Crippen LogP contribution in [-0.2, 0) is 6.54 Å². The van der Waals surface area contributed by atoms with Crippen LogP contribution in [0.1, 0.15) is 27.0 Å². The summed E-state index contributed by atoms with van der Waals surface area (Å²) >= 11 is 0. The van der Waals surface area contributed by atoms with Crippen molar-refractivity contribution in [1.82, 2.24) is 9.80 Å². The number of carbonyl (C=O) groups is 1. The number of rotatable bonds is 3. The molecule has 5 nitrogen and oxygen atoms in total. The van der Waals surface area contributed by atoms with E-state index < -0.39 is 0 Å². The molecule has 0 spiro atoms. The quantitative estimate of drug-likeness (QED) is 0.638. The summed E-state index contributed by atoms with van der Waals surface area (Å²) < 4.78 is 19.1. The van der Waals surface area contributed by atoms with E-state index in [0.717, 1.165) is 16.5 Å². The maximum Gasteiger partial charge on any atom is 0.336 e. The Hall–Kier alpha value is -2.99. The molecule has 0 bridgehead atoms. The lowest BCUT2D eigenvalue weighted by molar-refractivity contribution is 0.0628. The molecule has 0 aliphatic carbocycles. The van der Waals surface area contributed by atoms with Gasteiger partial charge in [0.1, 0.15) is 11.4 Å². The molecule has 2 heterocycles. The van der Waals surface area contributed by atoms with Crippen LogP contribution in [0, 0.1) is 19.7 Å². The summed E-state index contributed by atoms with van der Waals surface area (Å²) in [5.74, 6) is -0.510. The fourth-order valence-corrected chi connectivity index (χ4v) is 3.73. The standard InChI is InChI=1S/C23H23FN2O3/c1-15-3-6-19-18(13-22(27)29-21(19)11-15)14-25-7-9-26(10-8-25)23(28)17-5-4-16(2)20(24)12-17/h3-6,11-13H,7-10,14H2,1-2H3. The van der Waals surface area contributed by atoms with Crippen molar-refractivity contribution in [3.05, 3.63) is 81.0 Å². The number of fused-ring (bicyclic) bond motifs is 1. The first-order valence-corrected chi connectivity index (χ1v) is 9.72. The number of halogens is 1. The Morgan fingerprint density at radius 2 is 1.79 bits per heavy atom. The van der Waals surface area contributed by atoms with Crippen LogP contribution >= 0.6 is 0 Å². The van der Waals surface area contributed by atoms with Crippen molar-refractivity contribution in [2.24, 2.45) is 0 Å². The highest BCUT2D eigenvalue weighted by molar-refractivity contribution is 5.94. The molecule has 0 atom stereocenters. The topological polar surface area (TPSA) is 53.8 Å². The summed E-state index contributed by atoms with van der Waals surface area (Å²) in [6, 6.07) is 12.0. The minimum absolute atomic E-state index is 0.148. The average Bonchev–Trinajstić information content (AvgIpc) is 2.69. The molecule has 0 radical (unpaired) electrons. The molecule has 1 aliphatic heterocycles. The first-order valence-electron chi connectivity index (χ1n) is 9.72. The highest BCUT2D eigenvalue weighted by Gasteiger charge is 2.23. The van der Waals surface area contributed by atoms with Gasteiger partial charge in [0.2, 0.25) is 0 Å². The zero-order chi connectivity index (χ0) is 20.5. The third-order valence-corrected chi connectivity index (χ3v) is 5.46. The molecule has 2 aromatic carbocycles. The lowest BCUT2D eigenvalue weighted by Crippen LogP contribution is -2.48. The van der Waals surface area contributed by atoms with Crippen molar-refractivity contribution in [2.75, 3.05) is 26.2 Å². The highest BCUT2D eigenvalue weighted by Crippen LogP contribution is 2.21. The molecule has 3 aromatic rings. The number of amides is 1. The smallest absolute Gasteiger partial charge is 0.336 e. The molecule has 0 saturated carbocycles. The van der Waals surface area contributed by atoms with E-state index in [2.05, 4.69) is 4.90 Å². The van der Waals surface area contributed by atoms with Gasteiger partial charge in [-0.2, -0.15) is 0 Å². The third-order valence-electron chi connectivity index (χ3n) is 5.46. The monoisotopic (exact) mass is 394 g/mol. The van der Waals surface area contributed by atoms with Gasteiger partial charge in [-0.25, -0.2) is 9.18 Å². The summed E-state index contributed by atoms with van der Waals surface area (Å²) in [5.41, 5.74) is 3.12. The van der Waals surface area contributed by atoms with E-state index in [1.807, 2.05) is 25.1 Å². The number of aryl methyl sites for hydroxylation is 2. The van der Waals surface area contributed by atoms with Crippen LogP contribution in [0.15, 0.2) is 51.7 Å². The van der Waals surface area contributed by atoms with Crippen LogP contribution in [0.4, 0.5) is 4.39 Å². The third kappa shape index (κ3) is 4.07. The van der Waals surface area contributed by atoms with E-state index in [4.69, 9.17) is 4.42 Å². The van der Waals surface area contributed by atoms with Crippen LogP contribution in [0.3, 0.4) is 0 Å². The molecule has 1 aromatic heterocycles. The van der Waals surface area contributed by atoms with Gasteiger partial charge < -0.3 is 9.32 Å². The first kappa shape index (κ1) is 19.3. The number of piperazine rings is 1. The molecule has 1 saturated heterocycles. The van der Waals surface area contributed by atoms with Gasteiger partial charge in [0.25, 0.3) is 5.91 Å². The van der Waals surface area contributed by atoms with Crippen molar-refractivity contribution in [3.63, 3.8) is 0 Å². The first-order chi connectivity index (χ1) is 13.9. The molecule has 0 N–H and O–H groups in total. The van der Waals surface area contributed by atoms with E-state index in [-0.39, 0.29) is 17.3 Å². The molecule has 1 aliphatic rings. The molecular weight excluding hydrogens is 371 g/mol. The molecule has 0 unspecified atom stereocenters. The Labute approximate surface area is 168 Å². The second-order valence-corrected chi connectivity index (χ2v) is 7.62. The normalized spacial score (nSPS) is 15.1. The maximum absolute atomic E-state index is 13.8. The van der Waals surface area contributed by atoms with Crippen molar-refractivity contribution in [3.8, 4) is 0 Å². The van der Waals surface area contributed by atoms with E-state index >= 15 is 0 Å². The van der Waals surface area contributed by atoms with Gasteiger partial charge in [0, 0.05) is 49.7 Å². The molecule has 29 heavy (non-hydrogen) atoms. The Kier molecular flexibility index (Phi) is 5.20. The van der Waals surface area contributed by atoms with Gasteiger partial charge >= 0.3 is 5.63 Å². The summed E-state index contributed by atoms with van der Waals surface area (Å²) in [7, 11) is 0. The highest BCUT2D eigenvalue weighted by atomic mass is 19.1. The largest absolute Gasteiger partial charge is 0.423 e. The number of hydrogen-bond donors (Lipinski definition) is 0. The van der Waals surface area contributed by atoms with Crippen LogP contribution in [0.2, 0.25) is 0 Å². The van der Waals surface area contributed by atoms with E-state index in [1.54, 1.807) is 30.0 Å². The zero-order valence-corrected chi connectivity index (χ0v) is 16.6. The van der Waals surface area contributed by atoms with Gasteiger partial charge in [-0.05, 0) is 48.7 Å². The Balaban J connectivity index is 1.45. The molecule has 1 fully saturated rings. The average molecular weight is 394 g/mol. The predicted molar refractivity (Wildman–Crippen MR) is 110 cm³/mol. The lowest BCUT2D eigenvalue weighted by Gasteiger charge is -2.35. The van der Waals surface area contributed by atoms with E-state index in [9.17, 15) is 14.0 Å². The van der Waals surface area contributed by atoms with Gasteiger partial charge in [-0.3, -0.25) is 9.69 Å². The van der Waals surface area contributed by atoms with Crippen LogP contribution in [-0.4, -0.2) is 41.9 Å². The number of hydrogen-bond acceptors (Lipinski definition) is 4. The number of nitrogens with zero attached hydrogens (tertiary/aromatic N) is 2. The second-order valence-electron chi connectivity index (χ2n) is 7.62. The van der Waals surface area contributed by atoms with Crippen molar-refractivity contribution >= 4 is 16.9 Å². The summed E-state index contributed by atoms with van der Waals surface area (Å²) in [6.45, 7) is 6.76. The van der Waals surface area contributed by atoms with Crippen LogP contribution < -0.4 is 5.63 Å². The molecule has 4 rings (SSSR count). The van der Waals surface area contributed by atoms with Crippen LogP contribution in [0.5, 0.6) is 0 Å². The number of carbonyl (C=O) groups excluding carboxylic acids is 1. The van der Waals surface area contributed by atoms with Crippen molar-refractivity contribution in [1.29, 1.82) is 0 Å². The van der Waals surface area contributed by atoms with Gasteiger partial charge in [-0.15, -0.1) is 0 Å².